The van der Waals surface area contributed by atoms with E-state index in [4.69, 9.17) is 14.6 Å². The van der Waals surface area contributed by atoms with E-state index in [1.807, 2.05) is 6.92 Å². The molecule has 2 N–H and O–H groups in total. The SMILES string of the molecule is CCOCCOCC(CO)NC. The van der Waals surface area contributed by atoms with Gasteiger partial charge in [-0.25, -0.2) is 0 Å². The number of ether oxygens (including phenoxy) is 2. The fourth-order valence-electron chi connectivity index (χ4n) is 0.715. The van der Waals surface area contributed by atoms with Crippen molar-refractivity contribution in [1.82, 2.24) is 5.32 Å². The molecule has 74 valence electrons. The van der Waals surface area contributed by atoms with Crippen molar-refractivity contribution in [2.24, 2.45) is 0 Å². The first-order valence-corrected chi connectivity index (χ1v) is 4.28. The Morgan fingerprint density at radius 2 is 2.00 bits per heavy atom. The Balaban J connectivity index is 3.06. The topological polar surface area (TPSA) is 50.7 Å². The lowest BCUT2D eigenvalue weighted by atomic mass is 10.3. The summed E-state index contributed by atoms with van der Waals surface area (Å²) >= 11 is 0. The number of nitrogens with one attached hydrogen (secondary N) is 1. The van der Waals surface area contributed by atoms with Crippen LogP contribution in [0.3, 0.4) is 0 Å². The van der Waals surface area contributed by atoms with E-state index in [1.54, 1.807) is 7.05 Å². The average Bonchev–Trinajstić information content (AvgIpc) is 2.11. The van der Waals surface area contributed by atoms with Crippen LogP contribution in [-0.4, -0.2) is 51.2 Å². The fourth-order valence-corrected chi connectivity index (χ4v) is 0.715. The summed E-state index contributed by atoms with van der Waals surface area (Å²) in [5.41, 5.74) is 0. The molecule has 4 heteroatoms. The zero-order valence-electron chi connectivity index (χ0n) is 7.88. The Hall–Kier alpha value is -0.160. The maximum Gasteiger partial charge on any atom is 0.0701 e. The molecule has 0 saturated heterocycles. The first-order valence-electron chi connectivity index (χ1n) is 4.28. The highest BCUT2D eigenvalue weighted by molar-refractivity contribution is 4.59. The van der Waals surface area contributed by atoms with E-state index in [1.165, 1.54) is 0 Å². The van der Waals surface area contributed by atoms with Crippen LogP contribution in [0.1, 0.15) is 6.92 Å². The third-order valence-electron chi connectivity index (χ3n) is 1.52. The van der Waals surface area contributed by atoms with Gasteiger partial charge in [0.1, 0.15) is 0 Å². The second-order valence-corrected chi connectivity index (χ2v) is 2.44. The first kappa shape index (κ1) is 11.8. The zero-order chi connectivity index (χ0) is 9.23. The molecule has 0 aliphatic heterocycles. The summed E-state index contributed by atoms with van der Waals surface area (Å²) in [4.78, 5) is 0. The highest BCUT2D eigenvalue weighted by Crippen LogP contribution is 1.84. The summed E-state index contributed by atoms with van der Waals surface area (Å²) in [7, 11) is 1.80. The molecule has 0 fully saturated rings. The van der Waals surface area contributed by atoms with Gasteiger partial charge < -0.3 is 19.9 Å². The maximum absolute atomic E-state index is 8.75. The summed E-state index contributed by atoms with van der Waals surface area (Å²) < 4.78 is 10.3. The van der Waals surface area contributed by atoms with Gasteiger partial charge in [-0.15, -0.1) is 0 Å². The van der Waals surface area contributed by atoms with Crippen LogP contribution in [0.2, 0.25) is 0 Å². The molecule has 0 aliphatic carbocycles. The zero-order valence-corrected chi connectivity index (χ0v) is 7.88. The molecule has 12 heavy (non-hydrogen) atoms. The molecule has 0 aromatic heterocycles. The monoisotopic (exact) mass is 177 g/mol. The maximum atomic E-state index is 8.75. The molecule has 0 aromatic carbocycles. The molecule has 0 rings (SSSR count). The van der Waals surface area contributed by atoms with Gasteiger partial charge in [0.2, 0.25) is 0 Å². The van der Waals surface area contributed by atoms with E-state index in [-0.39, 0.29) is 12.6 Å². The van der Waals surface area contributed by atoms with Gasteiger partial charge in [0, 0.05) is 6.61 Å². The molecule has 0 amide bonds. The Kier molecular flexibility index (Phi) is 8.81. The number of hydrogen-bond acceptors (Lipinski definition) is 4. The van der Waals surface area contributed by atoms with Crippen LogP contribution in [-0.2, 0) is 9.47 Å². The predicted octanol–water partition coefficient (Wildman–Crippen LogP) is -0.380. The Morgan fingerprint density at radius 3 is 2.50 bits per heavy atom. The van der Waals surface area contributed by atoms with Gasteiger partial charge in [-0.05, 0) is 14.0 Å². The molecular formula is C8H19NO3. The molecule has 0 aliphatic rings. The molecule has 4 nitrogen and oxygen atoms in total. The van der Waals surface area contributed by atoms with E-state index < -0.39 is 0 Å². The van der Waals surface area contributed by atoms with Gasteiger partial charge in [0.25, 0.3) is 0 Å². The van der Waals surface area contributed by atoms with Crippen LogP contribution in [0, 0.1) is 0 Å². The van der Waals surface area contributed by atoms with E-state index >= 15 is 0 Å². The molecule has 0 bridgehead atoms. The van der Waals surface area contributed by atoms with E-state index in [9.17, 15) is 0 Å². The summed E-state index contributed by atoms with van der Waals surface area (Å²) in [6.45, 7) is 4.51. The van der Waals surface area contributed by atoms with Crippen molar-refractivity contribution in [3.8, 4) is 0 Å². The summed E-state index contributed by atoms with van der Waals surface area (Å²) in [6, 6.07) is 0.0339. The normalized spacial score (nSPS) is 13.2. The molecule has 0 saturated carbocycles. The predicted molar refractivity (Wildman–Crippen MR) is 47.2 cm³/mol. The molecule has 0 spiro atoms. The Morgan fingerprint density at radius 1 is 1.33 bits per heavy atom. The lowest BCUT2D eigenvalue weighted by molar-refractivity contribution is 0.0367. The standard InChI is InChI=1S/C8H19NO3/c1-3-11-4-5-12-7-8(6-10)9-2/h8-10H,3-7H2,1-2H3. The number of rotatable bonds is 8. The van der Waals surface area contributed by atoms with E-state index in [2.05, 4.69) is 5.32 Å². The van der Waals surface area contributed by atoms with E-state index in [0.717, 1.165) is 6.61 Å². The third kappa shape index (κ3) is 6.54. The van der Waals surface area contributed by atoms with Gasteiger partial charge in [0.15, 0.2) is 0 Å². The molecule has 0 aromatic rings. The van der Waals surface area contributed by atoms with Crippen molar-refractivity contribution >= 4 is 0 Å². The highest BCUT2D eigenvalue weighted by Gasteiger charge is 2.02. The first-order chi connectivity index (χ1) is 5.85. The van der Waals surface area contributed by atoms with Gasteiger partial charge in [0.05, 0.1) is 32.5 Å². The summed E-state index contributed by atoms with van der Waals surface area (Å²) in [6.07, 6.45) is 0. The number of aliphatic hydroxyl groups is 1. The second kappa shape index (κ2) is 8.93. The Bertz CT molecular complexity index is 86.4. The quantitative estimate of drug-likeness (QED) is 0.496. The molecule has 0 radical (unpaired) electrons. The van der Waals surface area contributed by atoms with Crippen molar-refractivity contribution < 1.29 is 14.6 Å². The van der Waals surface area contributed by atoms with Crippen LogP contribution in [0.15, 0.2) is 0 Å². The van der Waals surface area contributed by atoms with Gasteiger partial charge in [-0.3, -0.25) is 0 Å². The van der Waals surface area contributed by atoms with Crippen LogP contribution < -0.4 is 5.32 Å². The molecule has 1 atom stereocenters. The van der Waals surface area contributed by atoms with Crippen molar-refractivity contribution in [2.45, 2.75) is 13.0 Å². The smallest absolute Gasteiger partial charge is 0.0701 e. The van der Waals surface area contributed by atoms with Crippen molar-refractivity contribution in [2.75, 3.05) is 40.1 Å². The minimum Gasteiger partial charge on any atom is -0.395 e. The van der Waals surface area contributed by atoms with Crippen LogP contribution in [0.4, 0.5) is 0 Å². The Labute approximate surface area is 73.9 Å². The van der Waals surface area contributed by atoms with E-state index in [0.29, 0.717) is 19.8 Å². The van der Waals surface area contributed by atoms with Crippen LogP contribution in [0.5, 0.6) is 0 Å². The van der Waals surface area contributed by atoms with Gasteiger partial charge in [-0.1, -0.05) is 0 Å². The van der Waals surface area contributed by atoms with Gasteiger partial charge >= 0.3 is 0 Å². The second-order valence-electron chi connectivity index (χ2n) is 2.44. The van der Waals surface area contributed by atoms with Crippen molar-refractivity contribution in [3.63, 3.8) is 0 Å². The minimum atomic E-state index is 0.0339. The molecular weight excluding hydrogens is 158 g/mol. The number of hydrogen-bond donors (Lipinski definition) is 2. The van der Waals surface area contributed by atoms with Crippen molar-refractivity contribution in [1.29, 1.82) is 0 Å². The molecule has 1 unspecified atom stereocenters. The largest absolute Gasteiger partial charge is 0.395 e. The number of aliphatic hydroxyl groups excluding tert-OH is 1. The van der Waals surface area contributed by atoms with Crippen LogP contribution in [0.25, 0.3) is 0 Å². The highest BCUT2D eigenvalue weighted by atomic mass is 16.5. The lowest BCUT2D eigenvalue weighted by Crippen LogP contribution is -2.34. The van der Waals surface area contributed by atoms with Gasteiger partial charge in [-0.2, -0.15) is 0 Å². The molecule has 0 heterocycles. The van der Waals surface area contributed by atoms with Crippen molar-refractivity contribution in [3.05, 3.63) is 0 Å². The summed E-state index contributed by atoms with van der Waals surface area (Å²) in [5, 5.41) is 11.7. The average molecular weight is 177 g/mol. The fraction of sp³-hybridized carbons (Fsp3) is 1.00. The third-order valence-corrected chi connectivity index (χ3v) is 1.52. The lowest BCUT2D eigenvalue weighted by Gasteiger charge is -2.12. The summed E-state index contributed by atoms with van der Waals surface area (Å²) in [5.74, 6) is 0. The minimum absolute atomic E-state index is 0.0339. The van der Waals surface area contributed by atoms with Crippen LogP contribution >= 0.6 is 0 Å². The number of likely N-dealkylation sites (N-methyl/N-ethyl adjacent to an activating group) is 1.